The predicted octanol–water partition coefficient (Wildman–Crippen LogP) is 1.84. The standard InChI is InChI=1S/C13H17FN2O3/c1-7(2)5-11(15)12(17)16-8-3-4-10(14)9(6-8)13(18)19/h3-4,6-7,11H,5,15H2,1-2H3,(H,16,17)(H,18,19)/t11-/m0/s1. The minimum atomic E-state index is -1.39. The summed E-state index contributed by atoms with van der Waals surface area (Å²) in [6.07, 6.45) is 0.513. The van der Waals surface area contributed by atoms with Gasteiger partial charge in [0.2, 0.25) is 5.91 Å². The Bertz CT molecular complexity index is 489. The van der Waals surface area contributed by atoms with E-state index >= 15 is 0 Å². The van der Waals surface area contributed by atoms with Crippen LogP contribution in [-0.2, 0) is 4.79 Å². The Hall–Kier alpha value is -1.95. The molecule has 1 aromatic rings. The summed E-state index contributed by atoms with van der Waals surface area (Å²) >= 11 is 0. The molecule has 5 nitrogen and oxygen atoms in total. The van der Waals surface area contributed by atoms with Gasteiger partial charge in [0.25, 0.3) is 0 Å². The fraction of sp³-hybridized carbons (Fsp3) is 0.385. The third-order valence-corrected chi connectivity index (χ3v) is 2.53. The van der Waals surface area contributed by atoms with Crippen molar-refractivity contribution in [1.29, 1.82) is 0 Å². The highest BCUT2D eigenvalue weighted by molar-refractivity contribution is 5.96. The first-order valence-electron chi connectivity index (χ1n) is 5.90. The molecule has 104 valence electrons. The molecule has 0 bridgehead atoms. The van der Waals surface area contributed by atoms with E-state index in [1.165, 1.54) is 6.07 Å². The van der Waals surface area contributed by atoms with Crippen molar-refractivity contribution in [3.05, 3.63) is 29.6 Å². The number of hydrogen-bond donors (Lipinski definition) is 3. The molecule has 0 saturated heterocycles. The van der Waals surface area contributed by atoms with Gasteiger partial charge in [0.1, 0.15) is 5.82 Å². The molecule has 0 aliphatic rings. The molecule has 0 spiro atoms. The highest BCUT2D eigenvalue weighted by atomic mass is 19.1. The van der Waals surface area contributed by atoms with Gasteiger partial charge in [-0.05, 0) is 30.5 Å². The minimum Gasteiger partial charge on any atom is -0.478 e. The lowest BCUT2D eigenvalue weighted by atomic mass is 10.0. The Morgan fingerprint density at radius 3 is 2.58 bits per heavy atom. The average Bonchev–Trinajstić information content (AvgIpc) is 2.30. The van der Waals surface area contributed by atoms with Crippen LogP contribution in [0.1, 0.15) is 30.6 Å². The molecule has 1 amide bonds. The van der Waals surface area contributed by atoms with Crippen molar-refractivity contribution in [1.82, 2.24) is 0 Å². The van der Waals surface area contributed by atoms with Gasteiger partial charge >= 0.3 is 5.97 Å². The van der Waals surface area contributed by atoms with Crippen molar-refractivity contribution in [3.8, 4) is 0 Å². The molecule has 0 aliphatic heterocycles. The van der Waals surface area contributed by atoms with Crippen LogP contribution in [0.4, 0.5) is 10.1 Å². The van der Waals surface area contributed by atoms with Crippen LogP contribution in [-0.4, -0.2) is 23.0 Å². The number of anilines is 1. The van der Waals surface area contributed by atoms with Crippen molar-refractivity contribution < 1.29 is 19.1 Å². The zero-order valence-electron chi connectivity index (χ0n) is 10.8. The summed E-state index contributed by atoms with van der Waals surface area (Å²) in [4.78, 5) is 22.5. The van der Waals surface area contributed by atoms with Gasteiger partial charge in [0.15, 0.2) is 0 Å². The number of nitrogens with two attached hydrogens (primary N) is 1. The fourth-order valence-corrected chi connectivity index (χ4v) is 1.62. The van der Waals surface area contributed by atoms with E-state index in [4.69, 9.17) is 10.8 Å². The highest BCUT2D eigenvalue weighted by Crippen LogP contribution is 2.15. The largest absolute Gasteiger partial charge is 0.478 e. The molecule has 0 aromatic heterocycles. The van der Waals surface area contributed by atoms with Gasteiger partial charge in [0, 0.05) is 5.69 Å². The number of rotatable bonds is 5. The third kappa shape index (κ3) is 4.33. The quantitative estimate of drug-likeness (QED) is 0.759. The van der Waals surface area contributed by atoms with Gasteiger partial charge in [-0.25, -0.2) is 9.18 Å². The smallest absolute Gasteiger partial charge is 0.338 e. The van der Waals surface area contributed by atoms with E-state index in [-0.39, 0.29) is 11.6 Å². The summed E-state index contributed by atoms with van der Waals surface area (Å²) in [5.74, 6) is -2.39. The second-order valence-electron chi connectivity index (χ2n) is 4.73. The molecule has 0 saturated carbocycles. The zero-order valence-corrected chi connectivity index (χ0v) is 10.8. The molecule has 0 unspecified atom stereocenters. The molecule has 1 aromatic carbocycles. The van der Waals surface area contributed by atoms with Crippen LogP contribution in [0.3, 0.4) is 0 Å². The van der Waals surface area contributed by atoms with E-state index in [0.29, 0.717) is 6.42 Å². The SMILES string of the molecule is CC(C)C[C@H](N)C(=O)Nc1ccc(F)c(C(=O)O)c1. The number of carboxylic acids is 1. The maximum Gasteiger partial charge on any atom is 0.338 e. The first-order chi connectivity index (χ1) is 8.81. The first-order valence-corrected chi connectivity index (χ1v) is 5.90. The number of halogens is 1. The molecule has 6 heteroatoms. The molecule has 0 heterocycles. The lowest BCUT2D eigenvalue weighted by molar-refractivity contribution is -0.117. The summed E-state index contributed by atoms with van der Waals surface area (Å²) in [6.45, 7) is 3.88. The topological polar surface area (TPSA) is 92.4 Å². The second kappa shape index (κ2) is 6.29. The molecular formula is C13H17FN2O3. The Labute approximate surface area is 110 Å². The average molecular weight is 268 g/mol. The lowest BCUT2D eigenvalue weighted by Gasteiger charge is -2.14. The van der Waals surface area contributed by atoms with Crippen LogP contribution in [0.2, 0.25) is 0 Å². The molecule has 0 fully saturated rings. The van der Waals surface area contributed by atoms with Crippen molar-refractivity contribution in [2.45, 2.75) is 26.3 Å². The van der Waals surface area contributed by atoms with Crippen LogP contribution < -0.4 is 11.1 Å². The van der Waals surface area contributed by atoms with Crippen molar-refractivity contribution >= 4 is 17.6 Å². The van der Waals surface area contributed by atoms with E-state index in [1.54, 1.807) is 0 Å². The van der Waals surface area contributed by atoms with Crippen LogP contribution in [0.5, 0.6) is 0 Å². The van der Waals surface area contributed by atoms with Crippen molar-refractivity contribution in [3.63, 3.8) is 0 Å². The predicted molar refractivity (Wildman–Crippen MR) is 69.4 cm³/mol. The van der Waals surface area contributed by atoms with E-state index in [9.17, 15) is 14.0 Å². The van der Waals surface area contributed by atoms with E-state index in [2.05, 4.69) is 5.32 Å². The van der Waals surface area contributed by atoms with Gasteiger partial charge in [-0.1, -0.05) is 13.8 Å². The first kappa shape index (κ1) is 15.1. The number of nitrogens with one attached hydrogen (secondary N) is 1. The van der Waals surface area contributed by atoms with Gasteiger partial charge in [-0.2, -0.15) is 0 Å². The minimum absolute atomic E-state index is 0.211. The van der Waals surface area contributed by atoms with Crippen LogP contribution in [0.25, 0.3) is 0 Å². The summed E-state index contributed by atoms with van der Waals surface area (Å²) in [7, 11) is 0. The van der Waals surface area contributed by atoms with Crippen molar-refractivity contribution in [2.75, 3.05) is 5.32 Å². The van der Waals surface area contributed by atoms with Crippen molar-refractivity contribution in [2.24, 2.45) is 11.7 Å². The molecule has 1 atom stereocenters. The monoisotopic (exact) mass is 268 g/mol. The number of carboxylic acid groups (broad SMARTS) is 1. The third-order valence-electron chi connectivity index (χ3n) is 2.53. The Morgan fingerprint density at radius 1 is 1.42 bits per heavy atom. The van der Waals surface area contributed by atoms with Gasteiger partial charge in [0.05, 0.1) is 11.6 Å². The van der Waals surface area contributed by atoms with Gasteiger partial charge < -0.3 is 16.2 Å². The normalized spacial score (nSPS) is 12.3. The number of carbonyl (C=O) groups excluding carboxylic acids is 1. The summed E-state index contributed by atoms with van der Waals surface area (Å²) in [5.41, 5.74) is 5.41. The Balaban J connectivity index is 2.80. The van der Waals surface area contributed by atoms with Gasteiger partial charge in [-0.15, -0.1) is 0 Å². The van der Waals surface area contributed by atoms with Crippen LogP contribution in [0.15, 0.2) is 18.2 Å². The van der Waals surface area contributed by atoms with E-state index in [0.717, 1.165) is 12.1 Å². The number of carbonyl (C=O) groups is 2. The van der Waals surface area contributed by atoms with E-state index < -0.39 is 29.3 Å². The summed E-state index contributed by atoms with van der Waals surface area (Å²) in [6, 6.07) is 2.67. The second-order valence-corrected chi connectivity index (χ2v) is 4.73. The summed E-state index contributed by atoms with van der Waals surface area (Å²) < 4.78 is 13.2. The number of aromatic carboxylic acids is 1. The van der Waals surface area contributed by atoms with Gasteiger partial charge in [-0.3, -0.25) is 4.79 Å². The maximum absolute atomic E-state index is 13.2. The fourth-order valence-electron chi connectivity index (χ4n) is 1.62. The lowest BCUT2D eigenvalue weighted by Crippen LogP contribution is -2.36. The molecular weight excluding hydrogens is 251 g/mol. The molecule has 1 rings (SSSR count). The van der Waals surface area contributed by atoms with Crippen LogP contribution in [0, 0.1) is 11.7 Å². The molecule has 19 heavy (non-hydrogen) atoms. The number of hydrogen-bond acceptors (Lipinski definition) is 3. The Morgan fingerprint density at radius 2 is 2.05 bits per heavy atom. The van der Waals surface area contributed by atoms with Crippen LogP contribution >= 0.6 is 0 Å². The van der Waals surface area contributed by atoms with E-state index in [1.807, 2.05) is 13.8 Å². The molecule has 0 aliphatic carbocycles. The molecule has 0 radical (unpaired) electrons. The molecule has 4 N–H and O–H groups in total. The maximum atomic E-state index is 13.2. The number of amides is 1. The highest BCUT2D eigenvalue weighted by Gasteiger charge is 2.17. The zero-order chi connectivity index (χ0) is 14.6. The summed E-state index contributed by atoms with van der Waals surface area (Å²) in [5, 5.41) is 11.3. The number of benzene rings is 1. The Kier molecular flexibility index (Phi) is 5.00.